The summed E-state index contributed by atoms with van der Waals surface area (Å²) in [6, 6.07) is -0.180. The highest BCUT2D eigenvalue weighted by Gasteiger charge is 2.18. The molecule has 2 N–H and O–H groups in total. The summed E-state index contributed by atoms with van der Waals surface area (Å²) in [4.78, 5) is 4.37. The molecule has 0 saturated carbocycles. The van der Waals surface area contributed by atoms with Gasteiger partial charge in [-0.2, -0.15) is 5.10 Å². The van der Waals surface area contributed by atoms with Crippen LogP contribution in [0.3, 0.4) is 0 Å². The van der Waals surface area contributed by atoms with E-state index in [9.17, 15) is 0 Å². The summed E-state index contributed by atoms with van der Waals surface area (Å²) >= 11 is 0. The summed E-state index contributed by atoms with van der Waals surface area (Å²) in [6.07, 6.45) is 5.07. The molecule has 1 aromatic heterocycles. The van der Waals surface area contributed by atoms with Gasteiger partial charge < -0.3 is 10.5 Å². The average Bonchev–Trinajstić information content (AvgIpc) is 2.30. The van der Waals surface area contributed by atoms with Crippen LogP contribution in [0.2, 0.25) is 0 Å². The van der Waals surface area contributed by atoms with Crippen molar-refractivity contribution in [1.29, 1.82) is 0 Å². The van der Waals surface area contributed by atoms with E-state index >= 15 is 0 Å². The summed E-state index contributed by atoms with van der Waals surface area (Å²) in [6.45, 7) is 2.66. The Morgan fingerprint density at radius 2 is 2.40 bits per heavy atom. The average molecular weight is 208 g/mol. The van der Waals surface area contributed by atoms with E-state index in [1.165, 1.54) is 6.42 Å². The van der Waals surface area contributed by atoms with Crippen LogP contribution in [0.4, 0.5) is 0 Å². The van der Waals surface area contributed by atoms with Gasteiger partial charge in [0.25, 0.3) is 0 Å². The van der Waals surface area contributed by atoms with Gasteiger partial charge >= 0.3 is 0 Å². The molecule has 2 rings (SSSR count). The van der Waals surface area contributed by atoms with Crippen molar-refractivity contribution >= 4 is 0 Å². The molecule has 1 fully saturated rings. The van der Waals surface area contributed by atoms with Crippen molar-refractivity contribution < 1.29 is 4.74 Å². The summed E-state index contributed by atoms with van der Waals surface area (Å²) in [7, 11) is 0. The Balaban J connectivity index is 2.16. The molecule has 1 saturated heterocycles. The Hall–Kier alpha value is -1.07. The second-order valence-corrected chi connectivity index (χ2v) is 3.88. The van der Waals surface area contributed by atoms with E-state index in [0.717, 1.165) is 25.1 Å². The molecule has 0 aliphatic carbocycles. The van der Waals surface area contributed by atoms with Crippen molar-refractivity contribution in [2.45, 2.75) is 38.3 Å². The van der Waals surface area contributed by atoms with Crippen LogP contribution in [-0.2, 0) is 4.74 Å². The minimum Gasteiger partial charge on any atom is -0.372 e. The predicted octanol–water partition coefficient (Wildman–Crippen LogP) is 1.13. The van der Waals surface area contributed by atoms with Crippen molar-refractivity contribution in [3.8, 4) is 0 Å². The molecule has 5 heteroatoms. The normalized spacial score (nSPS) is 23.7. The van der Waals surface area contributed by atoms with Gasteiger partial charge in [-0.1, -0.05) is 0 Å². The fourth-order valence-electron chi connectivity index (χ4n) is 1.65. The van der Waals surface area contributed by atoms with Crippen LogP contribution in [0.15, 0.2) is 6.20 Å². The minimum atomic E-state index is -0.180. The zero-order valence-corrected chi connectivity index (χ0v) is 8.89. The molecule has 2 unspecified atom stereocenters. The molecule has 5 nitrogen and oxygen atoms in total. The van der Waals surface area contributed by atoms with Gasteiger partial charge in [-0.3, -0.25) is 0 Å². The molecule has 0 radical (unpaired) electrons. The molecule has 1 aliphatic rings. The highest BCUT2D eigenvalue weighted by molar-refractivity contribution is 5.03. The SMILES string of the molecule is CC(N)c1nncc(C2CCCCO2)n1. The third-order valence-electron chi connectivity index (χ3n) is 2.51. The Labute approximate surface area is 89.1 Å². The first kappa shape index (κ1) is 10.4. The molecule has 2 heterocycles. The lowest BCUT2D eigenvalue weighted by molar-refractivity contribution is 0.0117. The van der Waals surface area contributed by atoms with E-state index in [2.05, 4.69) is 15.2 Å². The van der Waals surface area contributed by atoms with Gasteiger partial charge in [-0.05, 0) is 26.2 Å². The predicted molar refractivity (Wildman–Crippen MR) is 55.0 cm³/mol. The molecule has 0 aromatic carbocycles. The zero-order chi connectivity index (χ0) is 10.7. The topological polar surface area (TPSA) is 73.9 Å². The van der Waals surface area contributed by atoms with Crippen LogP contribution in [0, 0.1) is 0 Å². The molecule has 0 amide bonds. The van der Waals surface area contributed by atoms with Crippen molar-refractivity contribution in [2.75, 3.05) is 6.61 Å². The van der Waals surface area contributed by atoms with Gasteiger partial charge in [0.05, 0.1) is 17.9 Å². The van der Waals surface area contributed by atoms with Gasteiger partial charge in [0.1, 0.15) is 6.10 Å². The first-order chi connectivity index (χ1) is 7.27. The summed E-state index contributed by atoms with van der Waals surface area (Å²) in [5.74, 6) is 0.585. The van der Waals surface area contributed by atoms with E-state index in [4.69, 9.17) is 10.5 Å². The molecule has 82 valence electrons. The lowest BCUT2D eigenvalue weighted by Gasteiger charge is -2.21. The van der Waals surface area contributed by atoms with Crippen molar-refractivity contribution in [3.63, 3.8) is 0 Å². The van der Waals surface area contributed by atoms with E-state index in [-0.39, 0.29) is 12.1 Å². The van der Waals surface area contributed by atoms with Crippen LogP contribution in [0.5, 0.6) is 0 Å². The lowest BCUT2D eigenvalue weighted by Crippen LogP contribution is -2.17. The molecule has 1 aromatic rings. The van der Waals surface area contributed by atoms with Crippen molar-refractivity contribution in [3.05, 3.63) is 17.7 Å². The Morgan fingerprint density at radius 1 is 1.53 bits per heavy atom. The number of hydrogen-bond acceptors (Lipinski definition) is 5. The molecule has 0 spiro atoms. The molecule has 1 aliphatic heterocycles. The van der Waals surface area contributed by atoms with Crippen molar-refractivity contribution in [2.24, 2.45) is 5.73 Å². The van der Waals surface area contributed by atoms with Crippen molar-refractivity contribution in [1.82, 2.24) is 15.2 Å². The fraction of sp³-hybridized carbons (Fsp3) is 0.700. The van der Waals surface area contributed by atoms with Gasteiger partial charge in [-0.15, -0.1) is 5.10 Å². The van der Waals surface area contributed by atoms with Crippen LogP contribution < -0.4 is 5.73 Å². The third-order valence-corrected chi connectivity index (χ3v) is 2.51. The van der Waals surface area contributed by atoms with Gasteiger partial charge in [-0.25, -0.2) is 4.98 Å². The number of aromatic nitrogens is 3. The third kappa shape index (κ3) is 2.49. The summed E-state index contributed by atoms with van der Waals surface area (Å²) in [5.41, 5.74) is 6.56. The molecule has 15 heavy (non-hydrogen) atoms. The molecule has 2 atom stereocenters. The maximum Gasteiger partial charge on any atom is 0.167 e. The number of rotatable bonds is 2. The Bertz CT molecular complexity index is 323. The van der Waals surface area contributed by atoms with E-state index < -0.39 is 0 Å². The van der Waals surface area contributed by atoms with Gasteiger partial charge in [0.2, 0.25) is 0 Å². The van der Waals surface area contributed by atoms with Crippen LogP contribution >= 0.6 is 0 Å². The molecule has 0 bridgehead atoms. The van der Waals surface area contributed by atoms with Gasteiger partial charge in [0, 0.05) is 6.61 Å². The van der Waals surface area contributed by atoms with E-state index in [0.29, 0.717) is 5.82 Å². The smallest absolute Gasteiger partial charge is 0.167 e. The molecular formula is C10H16N4O. The quantitative estimate of drug-likeness (QED) is 0.788. The maximum atomic E-state index is 5.71. The first-order valence-corrected chi connectivity index (χ1v) is 5.34. The minimum absolute atomic E-state index is 0.0757. The highest BCUT2D eigenvalue weighted by atomic mass is 16.5. The second-order valence-electron chi connectivity index (χ2n) is 3.88. The monoisotopic (exact) mass is 208 g/mol. The largest absolute Gasteiger partial charge is 0.372 e. The zero-order valence-electron chi connectivity index (χ0n) is 8.89. The second kappa shape index (κ2) is 4.63. The number of hydrogen-bond donors (Lipinski definition) is 1. The standard InChI is InChI=1S/C10H16N4O/c1-7(11)10-13-8(6-12-14-10)9-4-2-3-5-15-9/h6-7,9H,2-5,11H2,1H3. The van der Waals surface area contributed by atoms with E-state index in [1.807, 2.05) is 6.92 Å². The van der Waals surface area contributed by atoms with Crippen LogP contribution in [0.25, 0.3) is 0 Å². The number of ether oxygens (including phenoxy) is 1. The number of nitrogens with two attached hydrogens (primary N) is 1. The van der Waals surface area contributed by atoms with Crippen LogP contribution in [-0.4, -0.2) is 21.8 Å². The highest BCUT2D eigenvalue weighted by Crippen LogP contribution is 2.25. The number of nitrogens with zero attached hydrogens (tertiary/aromatic N) is 3. The Kier molecular flexibility index (Phi) is 3.23. The fourth-order valence-corrected chi connectivity index (χ4v) is 1.65. The van der Waals surface area contributed by atoms with Gasteiger partial charge in [0.15, 0.2) is 5.82 Å². The Morgan fingerprint density at radius 3 is 3.07 bits per heavy atom. The lowest BCUT2D eigenvalue weighted by atomic mass is 10.1. The molecular weight excluding hydrogens is 192 g/mol. The van der Waals surface area contributed by atoms with Crippen LogP contribution in [0.1, 0.15) is 49.9 Å². The first-order valence-electron chi connectivity index (χ1n) is 5.34. The van der Waals surface area contributed by atoms with E-state index in [1.54, 1.807) is 6.20 Å². The maximum absolute atomic E-state index is 5.71. The summed E-state index contributed by atoms with van der Waals surface area (Å²) in [5, 5.41) is 7.80. The summed E-state index contributed by atoms with van der Waals surface area (Å²) < 4.78 is 5.63.